The van der Waals surface area contributed by atoms with Crippen molar-refractivity contribution in [1.29, 1.82) is 0 Å². The number of amides is 1. The molecule has 2 saturated heterocycles. The van der Waals surface area contributed by atoms with Crippen molar-refractivity contribution >= 4 is 28.3 Å². The molecule has 7 nitrogen and oxygen atoms in total. The summed E-state index contributed by atoms with van der Waals surface area (Å²) in [5.41, 5.74) is 0. The van der Waals surface area contributed by atoms with Crippen LogP contribution in [0.5, 0.6) is 0 Å². The predicted molar refractivity (Wildman–Crippen MR) is 82.0 cm³/mol. The van der Waals surface area contributed by atoms with Gasteiger partial charge in [0.15, 0.2) is 0 Å². The van der Waals surface area contributed by atoms with Gasteiger partial charge in [-0.15, -0.1) is 12.4 Å². The average molecular weight is 342 g/mol. The zero-order valence-electron chi connectivity index (χ0n) is 12.0. The summed E-state index contributed by atoms with van der Waals surface area (Å²) in [4.78, 5) is 11.5. The fourth-order valence-corrected chi connectivity index (χ4v) is 3.14. The van der Waals surface area contributed by atoms with E-state index in [1.807, 2.05) is 0 Å². The van der Waals surface area contributed by atoms with Gasteiger partial charge in [0.05, 0.1) is 17.8 Å². The van der Waals surface area contributed by atoms with E-state index in [9.17, 15) is 13.2 Å². The van der Waals surface area contributed by atoms with Gasteiger partial charge in [0, 0.05) is 32.8 Å². The number of ether oxygens (including phenoxy) is 1. The van der Waals surface area contributed by atoms with Crippen molar-refractivity contribution in [2.75, 3.05) is 38.5 Å². The lowest BCUT2D eigenvalue weighted by molar-refractivity contribution is -0.126. The molecule has 0 bridgehead atoms. The topological polar surface area (TPSA) is 96.5 Å². The summed E-state index contributed by atoms with van der Waals surface area (Å²) in [7, 11) is -3.35. The fraction of sp³-hybridized carbons (Fsp3) is 0.917. The van der Waals surface area contributed by atoms with E-state index < -0.39 is 10.0 Å². The Morgan fingerprint density at radius 3 is 2.62 bits per heavy atom. The molecule has 21 heavy (non-hydrogen) atoms. The van der Waals surface area contributed by atoms with Crippen LogP contribution < -0.4 is 15.4 Å². The molecule has 2 fully saturated rings. The molecule has 0 aromatic carbocycles. The SMILES string of the molecule is Cl.O=C(NCCS(=O)(=O)NCC1CCCCO1)C1CNC1. The van der Waals surface area contributed by atoms with Crippen molar-refractivity contribution in [3.05, 3.63) is 0 Å². The molecule has 2 heterocycles. The molecular formula is C12H24ClN3O4S. The molecular weight excluding hydrogens is 318 g/mol. The zero-order chi connectivity index (χ0) is 14.4. The molecule has 0 aliphatic carbocycles. The first-order valence-electron chi connectivity index (χ1n) is 7.14. The molecule has 0 saturated carbocycles. The molecule has 2 rings (SSSR count). The monoisotopic (exact) mass is 341 g/mol. The number of hydrogen-bond donors (Lipinski definition) is 3. The van der Waals surface area contributed by atoms with Gasteiger partial charge in [-0.05, 0) is 19.3 Å². The van der Waals surface area contributed by atoms with Gasteiger partial charge in [-0.2, -0.15) is 0 Å². The molecule has 1 atom stereocenters. The first-order valence-corrected chi connectivity index (χ1v) is 8.79. The highest BCUT2D eigenvalue weighted by atomic mass is 35.5. The number of sulfonamides is 1. The third kappa shape index (κ3) is 6.48. The van der Waals surface area contributed by atoms with Gasteiger partial charge in [-0.1, -0.05) is 0 Å². The second-order valence-corrected chi connectivity index (χ2v) is 7.23. The summed E-state index contributed by atoms with van der Waals surface area (Å²) in [5.74, 6) is -0.179. The van der Waals surface area contributed by atoms with Crippen molar-refractivity contribution < 1.29 is 17.9 Å². The molecule has 3 N–H and O–H groups in total. The second-order valence-electron chi connectivity index (χ2n) is 5.30. The molecule has 2 aliphatic rings. The minimum absolute atomic E-state index is 0. The van der Waals surface area contributed by atoms with E-state index in [2.05, 4.69) is 15.4 Å². The van der Waals surface area contributed by atoms with Crippen molar-refractivity contribution in [3.8, 4) is 0 Å². The Morgan fingerprint density at radius 1 is 1.29 bits per heavy atom. The molecule has 0 spiro atoms. The van der Waals surface area contributed by atoms with Crippen LogP contribution in [0.25, 0.3) is 0 Å². The van der Waals surface area contributed by atoms with Gasteiger partial charge in [-0.25, -0.2) is 13.1 Å². The number of hydrogen-bond acceptors (Lipinski definition) is 5. The maximum absolute atomic E-state index is 11.8. The van der Waals surface area contributed by atoms with Crippen LogP contribution in [0.1, 0.15) is 19.3 Å². The minimum atomic E-state index is -3.35. The van der Waals surface area contributed by atoms with E-state index in [-0.39, 0.29) is 42.6 Å². The molecule has 124 valence electrons. The van der Waals surface area contributed by atoms with Crippen molar-refractivity contribution in [2.24, 2.45) is 5.92 Å². The van der Waals surface area contributed by atoms with Crippen LogP contribution in [0, 0.1) is 5.92 Å². The van der Waals surface area contributed by atoms with Crippen molar-refractivity contribution in [2.45, 2.75) is 25.4 Å². The maximum atomic E-state index is 11.8. The standard InChI is InChI=1S/C12H23N3O4S.ClH/c16-12(10-7-13-8-10)14-4-6-20(17,18)15-9-11-3-1-2-5-19-11;/h10-11,13,15H,1-9H2,(H,14,16);1H. The lowest BCUT2D eigenvalue weighted by atomic mass is 10.0. The molecule has 1 unspecified atom stereocenters. The summed E-state index contributed by atoms with van der Waals surface area (Å²) in [6, 6.07) is 0. The van der Waals surface area contributed by atoms with Crippen LogP contribution in [-0.2, 0) is 19.6 Å². The third-order valence-corrected chi connectivity index (χ3v) is 4.98. The number of carbonyl (C=O) groups excluding carboxylic acids is 1. The second kappa shape index (κ2) is 8.89. The van der Waals surface area contributed by atoms with E-state index in [0.717, 1.165) is 19.3 Å². The van der Waals surface area contributed by atoms with Gasteiger partial charge in [0.2, 0.25) is 15.9 Å². The quantitative estimate of drug-likeness (QED) is 0.565. The van der Waals surface area contributed by atoms with Gasteiger partial charge in [0.1, 0.15) is 0 Å². The Balaban J connectivity index is 0.00000220. The van der Waals surface area contributed by atoms with Gasteiger partial charge in [-0.3, -0.25) is 4.79 Å². The van der Waals surface area contributed by atoms with Gasteiger partial charge < -0.3 is 15.4 Å². The highest BCUT2D eigenvalue weighted by molar-refractivity contribution is 7.89. The lowest BCUT2D eigenvalue weighted by Crippen LogP contribution is -2.51. The van der Waals surface area contributed by atoms with Gasteiger partial charge >= 0.3 is 0 Å². The highest BCUT2D eigenvalue weighted by Gasteiger charge is 2.25. The van der Waals surface area contributed by atoms with Crippen LogP contribution in [-0.4, -0.2) is 59.0 Å². The molecule has 2 aliphatic heterocycles. The Labute approximate surface area is 132 Å². The Morgan fingerprint density at radius 2 is 2.05 bits per heavy atom. The van der Waals surface area contributed by atoms with Gasteiger partial charge in [0.25, 0.3) is 0 Å². The molecule has 0 radical (unpaired) electrons. The first-order chi connectivity index (χ1) is 9.57. The van der Waals surface area contributed by atoms with Crippen LogP contribution in [0.2, 0.25) is 0 Å². The summed E-state index contributed by atoms with van der Waals surface area (Å²) in [6.07, 6.45) is 3.01. The molecule has 9 heteroatoms. The van der Waals surface area contributed by atoms with Crippen molar-refractivity contribution in [3.63, 3.8) is 0 Å². The first kappa shape index (κ1) is 18.6. The highest BCUT2D eigenvalue weighted by Crippen LogP contribution is 2.11. The number of rotatable bonds is 7. The predicted octanol–water partition coefficient (Wildman–Crippen LogP) is -0.768. The fourth-order valence-electron chi connectivity index (χ4n) is 2.19. The Kier molecular flexibility index (Phi) is 7.89. The Bertz CT molecular complexity index is 422. The van der Waals surface area contributed by atoms with Crippen molar-refractivity contribution in [1.82, 2.24) is 15.4 Å². The minimum Gasteiger partial charge on any atom is -0.377 e. The summed E-state index contributed by atoms with van der Waals surface area (Å²) in [6.45, 7) is 2.53. The summed E-state index contributed by atoms with van der Waals surface area (Å²) >= 11 is 0. The third-order valence-electron chi connectivity index (χ3n) is 3.63. The van der Waals surface area contributed by atoms with Crippen LogP contribution in [0.3, 0.4) is 0 Å². The molecule has 1 amide bonds. The van der Waals surface area contributed by atoms with E-state index in [4.69, 9.17) is 4.74 Å². The van der Waals surface area contributed by atoms with E-state index in [0.29, 0.717) is 26.2 Å². The normalized spacial score (nSPS) is 23.0. The Hall–Kier alpha value is -0.410. The van der Waals surface area contributed by atoms with Crippen LogP contribution >= 0.6 is 12.4 Å². The van der Waals surface area contributed by atoms with E-state index in [1.165, 1.54) is 0 Å². The van der Waals surface area contributed by atoms with Crippen LogP contribution in [0.4, 0.5) is 0 Å². The van der Waals surface area contributed by atoms with E-state index in [1.54, 1.807) is 0 Å². The maximum Gasteiger partial charge on any atom is 0.225 e. The zero-order valence-corrected chi connectivity index (χ0v) is 13.6. The number of carbonyl (C=O) groups is 1. The summed E-state index contributed by atoms with van der Waals surface area (Å²) in [5, 5.41) is 5.65. The molecule has 0 aromatic rings. The summed E-state index contributed by atoms with van der Waals surface area (Å²) < 4.78 is 31.6. The van der Waals surface area contributed by atoms with E-state index >= 15 is 0 Å². The number of nitrogens with one attached hydrogen (secondary N) is 3. The van der Waals surface area contributed by atoms with Crippen LogP contribution in [0.15, 0.2) is 0 Å². The lowest BCUT2D eigenvalue weighted by Gasteiger charge is -2.25. The average Bonchev–Trinajstić information content (AvgIpc) is 2.35. The largest absolute Gasteiger partial charge is 0.377 e. The smallest absolute Gasteiger partial charge is 0.225 e. The number of halogens is 1. The molecule has 0 aromatic heterocycles.